The summed E-state index contributed by atoms with van der Waals surface area (Å²) in [6, 6.07) is 4.43. The van der Waals surface area contributed by atoms with Gasteiger partial charge >= 0.3 is 0 Å². The molecule has 2 heterocycles. The summed E-state index contributed by atoms with van der Waals surface area (Å²) in [5.74, 6) is 1.96. The third kappa shape index (κ3) is 4.66. The Morgan fingerprint density at radius 1 is 1.32 bits per heavy atom. The molecule has 1 aliphatic rings. The number of halogens is 1. The Kier molecular flexibility index (Phi) is 6.42. The highest BCUT2D eigenvalue weighted by molar-refractivity contribution is 7.98. The van der Waals surface area contributed by atoms with Crippen molar-refractivity contribution in [1.82, 2.24) is 19.7 Å². The molecule has 1 amide bonds. The molecule has 9 heteroatoms. The number of hydrogen-bond donors (Lipinski definition) is 0. The fourth-order valence-corrected chi connectivity index (χ4v) is 5.93. The van der Waals surface area contributed by atoms with Crippen LogP contribution in [0.2, 0.25) is 5.02 Å². The van der Waals surface area contributed by atoms with Gasteiger partial charge in [0.1, 0.15) is 5.82 Å². The van der Waals surface area contributed by atoms with E-state index in [9.17, 15) is 4.79 Å². The molecule has 1 saturated carbocycles. The number of carbonyl (C=O) groups excluding carboxylic acids is 1. The maximum atomic E-state index is 12.5. The second kappa shape index (κ2) is 8.92. The van der Waals surface area contributed by atoms with E-state index in [4.69, 9.17) is 16.6 Å². The van der Waals surface area contributed by atoms with Crippen molar-refractivity contribution in [3.63, 3.8) is 0 Å². The van der Waals surface area contributed by atoms with E-state index < -0.39 is 0 Å². The van der Waals surface area contributed by atoms with Crippen molar-refractivity contribution in [2.45, 2.75) is 70.3 Å². The highest BCUT2D eigenvalue weighted by Gasteiger charge is 2.30. The van der Waals surface area contributed by atoms with E-state index in [1.165, 1.54) is 31.1 Å². The third-order valence-electron chi connectivity index (χ3n) is 5.14. The molecule has 1 aliphatic carbocycles. The number of thiazole rings is 1. The first-order valence-corrected chi connectivity index (χ1v) is 12.6. The standard InChI is InChI=1S/C22H26ClN5OS2/c1-12(2)20-25-26-22(28(20)17-6-7-17)31-11-16-10-30-21(24-16)27(15(5)29)19-14(4)8-13(3)9-18(19)23/h8-10,12,17H,6-7,11H2,1-5H3. The quantitative estimate of drug-likeness (QED) is 0.368. The lowest BCUT2D eigenvalue weighted by Gasteiger charge is -2.22. The number of nitrogens with zero attached hydrogens (tertiary/aromatic N) is 5. The van der Waals surface area contributed by atoms with Gasteiger partial charge in [-0.2, -0.15) is 0 Å². The molecule has 1 aromatic carbocycles. The highest BCUT2D eigenvalue weighted by Crippen LogP contribution is 2.41. The van der Waals surface area contributed by atoms with Crippen molar-refractivity contribution in [1.29, 1.82) is 0 Å². The van der Waals surface area contributed by atoms with E-state index in [-0.39, 0.29) is 5.91 Å². The van der Waals surface area contributed by atoms with Gasteiger partial charge in [-0.25, -0.2) is 4.98 Å². The van der Waals surface area contributed by atoms with Gasteiger partial charge in [0, 0.05) is 30.0 Å². The van der Waals surface area contributed by atoms with Crippen LogP contribution in [0.5, 0.6) is 0 Å². The zero-order valence-electron chi connectivity index (χ0n) is 18.3. The number of thioether (sulfide) groups is 1. The highest BCUT2D eigenvalue weighted by atomic mass is 35.5. The van der Waals surface area contributed by atoms with Crippen LogP contribution < -0.4 is 4.90 Å². The van der Waals surface area contributed by atoms with Crippen molar-refractivity contribution in [3.05, 3.63) is 45.2 Å². The first-order chi connectivity index (χ1) is 14.8. The second-order valence-electron chi connectivity index (χ2n) is 8.27. The van der Waals surface area contributed by atoms with Crippen LogP contribution in [-0.4, -0.2) is 25.7 Å². The number of carbonyl (C=O) groups is 1. The molecule has 31 heavy (non-hydrogen) atoms. The van der Waals surface area contributed by atoms with Crippen LogP contribution in [0, 0.1) is 13.8 Å². The lowest BCUT2D eigenvalue weighted by atomic mass is 10.1. The summed E-state index contributed by atoms with van der Waals surface area (Å²) in [6.07, 6.45) is 2.38. The summed E-state index contributed by atoms with van der Waals surface area (Å²) >= 11 is 9.61. The molecule has 0 saturated heterocycles. The molecule has 0 radical (unpaired) electrons. The Balaban J connectivity index is 1.56. The molecule has 0 bridgehead atoms. The van der Waals surface area contributed by atoms with E-state index in [2.05, 4.69) is 28.6 Å². The predicted octanol–water partition coefficient (Wildman–Crippen LogP) is 6.44. The number of aromatic nitrogens is 4. The van der Waals surface area contributed by atoms with Gasteiger partial charge in [-0.05, 0) is 43.9 Å². The molecule has 0 aliphatic heterocycles. The molecule has 6 nitrogen and oxygen atoms in total. The molecule has 0 atom stereocenters. The lowest BCUT2D eigenvalue weighted by Crippen LogP contribution is -2.24. The smallest absolute Gasteiger partial charge is 0.230 e. The first-order valence-electron chi connectivity index (χ1n) is 10.4. The number of benzene rings is 1. The fourth-order valence-electron chi connectivity index (χ4n) is 3.64. The summed E-state index contributed by atoms with van der Waals surface area (Å²) in [4.78, 5) is 18.9. The molecule has 0 spiro atoms. The molecule has 2 aromatic heterocycles. The number of hydrogen-bond acceptors (Lipinski definition) is 6. The van der Waals surface area contributed by atoms with E-state index in [0.29, 0.717) is 33.6 Å². The van der Waals surface area contributed by atoms with Crippen LogP contribution >= 0.6 is 34.7 Å². The molecule has 0 unspecified atom stereocenters. The zero-order chi connectivity index (χ0) is 22.3. The average molecular weight is 476 g/mol. The Morgan fingerprint density at radius 3 is 2.68 bits per heavy atom. The van der Waals surface area contributed by atoms with Gasteiger partial charge in [-0.3, -0.25) is 9.69 Å². The first kappa shape index (κ1) is 22.3. The molecular weight excluding hydrogens is 450 g/mol. The monoisotopic (exact) mass is 475 g/mol. The summed E-state index contributed by atoms with van der Waals surface area (Å²) in [6.45, 7) is 9.80. The van der Waals surface area contributed by atoms with E-state index in [0.717, 1.165) is 27.8 Å². The van der Waals surface area contributed by atoms with Crippen LogP contribution in [0.25, 0.3) is 0 Å². The number of amides is 1. The van der Waals surface area contributed by atoms with Crippen LogP contribution in [0.4, 0.5) is 10.8 Å². The van der Waals surface area contributed by atoms with Crippen LogP contribution in [0.1, 0.15) is 68.2 Å². The van der Waals surface area contributed by atoms with Crippen LogP contribution in [0.15, 0.2) is 22.7 Å². The Hall–Kier alpha value is -1.90. The second-order valence-corrected chi connectivity index (χ2v) is 10.5. The number of aryl methyl sites for hydroxylation is 2. The Morgan fingerprint density at radius 2 is 2.06 bits per heavy atom. The lowest BCUT2D eigenvalue weighted by molar-refractivity contribution is -0.115. The predicted molar refractivity (Wildman–Crippen MR) is 128 cm³/mol. The van der Waals surface area contributed by atoms with Gasteiger partial charge in [-0.15, -0.1) is 21.5 Å². The normalized spacial score (nSPS) is 13.8. The van der Waals surface area contributed by atoms with Gasteiger partial charge in [0.25, 0.3) is 0 Å². The zero-order valence-corrected chi connectivity index (χ0v) is 20.7. The Bertz CT molecular complexity index is 1100. The van der Waals surface area contributed by atoms with Crippen LogP contribution in [-0.2, 0) is 10.5 Å². The summed E-state index contributed by atoms with van der Waals surface area (Å²) in [5.41, 5.74) is 3.62. The van der Waals surface area contributed by atoms with Crippen molar-refractivity contribution in [3.8, 4) is 0 Å². The van der Waals surface area contributed by atoms with Crippen molar-refractivity contribution >= 4 is 51.4 Å². The maximum Gasteiger partial charge on any atom is 0.230 e. The van der Waals surface area contributed by atoms with Crippen LogP contribution in [0.3, 0.4) is 0 Å². The van der Waals surface area contributed by atoms with Crippen molar-refractivity contribution < 1.29 is 4.79 Å². The van der Waals surface area contributed by atoms with Gasteiger partial charge in [-0.1, -0.05) is 43.3 Å². The minimum Gasteiger partial charge on any atom is -0.303 e. The molecular formula is C22H26ClN5OS2. The average Bonchev–Trinajstić information content (AvgIpc) is 3.26. The van der Waals surface area contributed by atoms with E-state index in [1.54, 1.807) is 16.7 Å². The molecule has 1 fully saturated rings. The minimum atomic E-state index is -0.113. The maximum absolute atomic E-state index is 12.5. The minimum absolute atomic E-state index is 0.113. The number of rotatable bonds is 7. The molecule has 164 valence electrons. The molecule has 0 N–H and O–H groups in total. The molecule has 3 aromatic rings. The molecule has 4 rings (SSSR count). The van der Waals surface area contributed by atoms with Crippen molar-refractivity contribution in [2.75, 3.05) is 4.90 Å². The largest absolute Gasteiger partial charge is 0.303 e. The third-order valence-corrected chi connectivity index (χ3v) is 7.28. The van der Waals surface area contributed by atoms with Gasteiger partial charge < -0.3 is 4.57 Å². The summed E-state index contributed by atoms with van der Waals surface area (Å²) in [7, 11) is 0. The topological polar surface area (TPSA) is 63.9 Å². The summed E-state index contributed by atoms with van der Waals surface area (Å²) in [5, 5.41) is 13.0. The van der Waals surface area contributed by atoms with Gasteiger partial charge in [0.15, 0.2) is 10.3 Å². The SMILES string of the molecule is CC(=O)N(c1nc(CSc2nnc(C(C)C)n2C2CC2)cs1)c1c(C)cc(C)cc1Cl. The van der Waals surface area contributed by atoms with Gasteiger partial charge in [0.2, 0.25) is 5.91 Å². The summed E-state index contributed by atoms with van der Waals surface area (Å²) < 4.78 is 2.29. The van der Waals surface area contributed by atoms with Crippen molar-refractivity contribution in [2.24, 2.45) is 0 Å². The fraction of sp³-hybridized carbons (Fsp3) is 0.455. The number of anilines is 2. The van der Waals surface area contributed by atoms with E-state index in [1.807, 2.05) is 31.4 Å². The van der Waals surface area contributed by atoms with Gasteiger partial charge in [0.05, 0.1) is 16.4 Å². The van der Waals surface area contributed by atoms with E-state index >= 15 is 0 Å². The Labute approximate surface area is 196 Å².